The summed E-state index contributed by atoms with van der Waals surface area (Å²) in [6.07, 6.45) is 2.84. The number of benzene rings is 2. The molecule has 154 valence electrons. The Kier molecular flexibility index (Phi) is 5.74. The predicted octanol–water partition coefficient (Wildman–Crippen LogP) is 3.44. The van der Waals surface area contributed by atoms with E-state index in [1.54, 1.807) is 24.3 Å². The van der Waals surface area contributed by atoms with E-state index in [0.717, 1.165) is 24.8 Å². The molecular weight excluding hydrogens is 384 g/mol. The van der Waals surface area contributed by atoms with Gasteiger partial charge < -0.3 is 14.6 Å². The van der Waals surface area contributed by atoms with Gasteiger partial charge in [0.1, 0.15) is 12.3 Å². The number of carbonyl (C=O) groups is 2. The first kappa shape index (κ1) is 19.6. The minimum absolute atomic E-state index is 0.0314. The van der Waals surface area contributed by atoms with Crippen molar-refractivity contribution in [2.45, 2.75) is 26.2 Å². The van der Waals surface area contributed by atoms with Gasteiger partial charge in [0, 0.05) is 12.0 Å². The Balaban J connectivity index is 1.38. The van der Waals surface area contributed by atoms with Gasteiger partial charge in [-0.2, -0.15) is 4.98 Å². The molecule has 3 aromatic rings. The van der Waals surface area contributed by atoms with Gasteiger partial charge in [-0.1, -0.05) is 30.6 Å². The summed E-state index contributed by atoms with van der Waals surface area (Å²) in [7, 11) is 0. The topological polar surface area (TPSA) is 97.6 Å². The SMILES string of the molecule is CCCCc1nc(-c2ccc(OCC(=O)N3CC(=O)Nc4ccccc43)cc2)no1. The van der Waals surface area contributed by atoms with Crippen LogP contribution in [0.3, 0.4) is 0 Å². The zero-order valence-electron chi connectivity index (χ0n) is 16.6. The van der Waals surface area contributed by atoms with Gasteiger partial charge >= 0.3 is 0 Å². The highest BCUT2D eigenvalue weighted by atomic mass is 16.5. The standard InChI is InChI=1S/C22H22N4O4/c1-2-3-8-20-24-22(25-30-20)15-9-11-16(12-10-15)29-14-21(28)26-13-19(27)23-17-6-4-5-7-18(17)26/h4-7,9-12H,2-3,8,13-14H2,1H3,(H,23,27). The molecular formula is C22H22N4O4. The van der Waals surface area contributed by atoms with Gasteiger partial charge in [0.25, 0.3) is 5.91 Å². The molecule has 0 spiro atoms. The molecule has 0 unspecified atom stereocenters. The number of hydrogen-bond acceptors (Lipinski definition) is 6. The van der Waals surface area contributed by atoms with Crippen molar-refractivity contribution in [3.8, 4) is 17.1 Å². The van der Waals surface area contributed by atoms with Gasteiger partial charge in [0.2, 0.25) is 17.6 Å². The van der Waals surface area contributed by atoms with Gasteiger partial charge in [0.05, 0.1) is 11.4 Å². The minimum atomic E-state index is -0.292. The molecule has 1 N–H and O–H groups in total. The molecule has 4 rings (SSSR count). The van der Waals surface area contributed by atoms with Crippen molar-refractivity contribution < 1.29 is 18.8 Å². The number of aromatic nitrogens is 2. The van der Waals surface area contributed by atoms with Crippen LogP contribution < -0.4 is 15.0 Å². The maximum atomic E-state index is 12.6. The van der Waals surface area contributed by atoms with Crippen molar-refractivity contribution in [3.63, 3.8) is 0 Å². The highest BCUT2D eigenvalue weighted by Gasteiger charge is 2.26. The summed E-state index contributed by atoms with van der Waals surface area (Å²) in [5.74, 6) is 1.17. The van der Waals surface area contributed by atoms with Crippen LogP contribution in [0.15, 0.2) is 53.1 Å². The van der Waals surface area contributed by atoms with E-state index in [9.17, 15) is 9.59 Å². The highest BCUT2D eigenvalue weighted by molar-refractivity contribution is 6.10. The third-order valence-electron chi connectivity index (χ3n) is 4.76. The van der Waals surface area contributed by atoms with Crippen molar-refractivity contribution in [2.24, 2.45) is 0 Å². The van der Waals surface area contributed by atoms with E-state index in [2.05, 4.69) is 22.4 Å². The molecule has 1 aromatic heterocycles. The van der Waals surface area contributed by atoms with Crippen molar-refractivity contribution in [1.82, 2.24) is 10.1 Å². The average molecular weight is 406 g/mol. The van der Waals surface area contributed by atoms with Crippen LogP contribution in [0.5, 0.6) is 5.75 Å². The third-order valence-corrected chi connectivity index (χ3v) is 4.76. The predicted molar refractivity (Wildman–Crippen MR) is 111 cm³/mol. The fourth-order valence-corrected chi connectivity index (χ4v) is 3.18. The summed E-state index contributed by atoms with van der Waals surface area (Å²) in [6.45, 7) is 1.90. The number of nitrogens with zero attached hydrogens (tertiary/aromatic N) is 3. The van der Waals surface area contributed by atoms with Crippen LogP contribution in [0.2, 0.25) is 0 Å². The van der Waals surface area contributed by atoms with E-state index in [1.165, 1.54) is 4.90 Å². The zero-order valence-corrected chi connectivity index (χ0v) is 16.6. The van der Waals surface area contributed by atoms with Gasteiger partial charge in [-0.3, -0.25) is 14.5 Å². The van der Waals surface area contributed by atoms with Crippen LogP contribution in [0.25, 0.3) is 11.4 Å². The Morgan fingerprint density at radius 1 is 1.20 bits per heavy atom. The molecule has 0 atom stereocenters. The third kappa shape index (κ3) is 4.32. The van der Waals surface area contributed by atoms with Crippen molar-refractivity contribution in [1.29, 1.82) is 0 Å². The number of ether oxygens (including phenoxy) is 1. The van der Waals surface area contributed by atoms with Crippen LogP contribution in [0, 0.1) is 0 Å². The molecule has 0 aliphatic carbocycles. The quantitative estimate of drug-likeness (QED) is 0.645. The largest absolute Gasteiger partial charge is 0.484 e. The molecule has 2 heterocycles. The molecule has 2 amide bonds. The second-order valence-electron chi connectivity index (χ2n) is 6.97. The van der Waals surface area contributed by atoms with E-state index in [4.69, 9.17) is 9.26 Å². The Labute approximate surface area is 173 Å². The number of anilines is 2. The Morgan fingerprint density at radius 3 is 2.80 bits per heavy atom. The average Bonchev–Trinajstić information content (AvgIpc) is 3.24. The van der Waals surface area contributed by atoms with E-state index in [-0.39, 0.29) is 25.0 Å². The second-order valence-corrected chi connectivity index (χ2v) is 6.97. The zero-order chi connectivity index (χ0) is 20.9. The number of rotatable bonds is 7. The molecule has 0 saturated carbocycles. The molecule has 30 heavy (non-hydrogen) atoms. The van der Waals surface area contributed by atoms with Crippen LogP contribution >= 0.6 is 0 Å². The molecule has 1 aliphatic rings. The first-order valence-corrected chi connectivity index (χ1v) is 9.89. The lowest BCUT2D eigenvalue weighted by atomic mass is 10.2. The minimum Gasteiger partial charge on any atom is -0.484 e. The van der Waals surface area contributed by atoms with E-state index < -0.39 is 0 Å². The molecule has 0 saturated heterocycles. The number of aryl methyl sites for hydroxylation is 1. The lowest BCUT2D eigenvalue weighted by Crippen LogP contribution is -2.44. The van der Waals surface area contributed by atoms with Crippen LogP contribution in [0.1, 0.15) is 25.7 Å². The molecule has 2 aromatic carbocycles. The first-order chi connectivity index (χ1) is 14.6. The summed E-state index contributed by atoms with van der Waals surface area (Å²) in [4.78, 5) is 30.4. The monoisotopic (exact) mass is 406 g/mol. The van der Waals surface area contributed by atoms with Gasteiger partial charge in [-0.15, -0.1) is 0 Å². The van der Waals surface area contributed by atoms with Gasteiger partial charge in [0.15, 0.2) is 6.61 Å². The number of amides is 2. The summed E-state index contributed by atoms with van der Waals surface area (Å²) in [6, 6.07) is 14.3. The molecule has 1 aliphatic heterocycles. The van der Waals surface area contributed by atoms with E-state index in [0.29, 0.717) is 28.8 Å². The highest BCUT2D eigenvalue weighted by Crippen LogP contribution is 2.29. The number of hydrogen-bond donors (Lipinski definition) is 1. The van der Waals surface area contributed by atoms with Gasteiger partial charge in [-0.05, 0) is 42.8 Å². The Morgan fingerprint density at radius 2 is 2.00 bits per heavy atom. The van der Waals surface area contributed by atoms with Crippen molar-refractivity contribution in [3.05, 3.63) is 54.4 Å². The molecule has 0 bridgehead atoms. The molecule has 8 nitrogen and oxygen atoms in total. The number of fused-ring (bicyclic) bond motifs is 1. The summed E-state index contributed by atoms with van der Waals surface area (Å²) in [5.41, 5.74) is 2.09. The lowest BCUT2D eigenvalue weighted by molar-refractivity contribution is -0.123. The van der Waals surface area contributed by atoms with Crippen LogP contribution in [0.4, 0.5) is 11.4 Å². The van der Waals surface area contributed by atoms with E-state index >= 15 is 0 Å². The molecule has 0 radical (unpaired) electrons. The Bertz CT molecular complexity index is 1050. The molecule has 8 heteroatoms. The van der Waals surface area contributed by atoms with Crippen LogP contribution in [-0.2, 0) is 16.0 Å². The number of carbonyl (C=O) groups excluding carboxylic acids is 2. The smallest absolute Gasteiger partial charge is 0.265 e. The number of nitrogens with one attached hydrogen (secondary N) is 1. The number of para-hydroxylation sites is 2. The second kappa shape index (κ2) is 8.77. The summed E-state index contributed by atoms with van der Waals surface area (Å²) in [5, 5.41) is 6.77. The van der Waals surface area contributed by atoms with Crippen molar-refractivity contribution in [2.75, 3.05) is 23.4 Å². The number of unbranched alkanes of at least 4 members (excludes halogenated alkanes) is 1. The maximum absolute atomic E-state index is 12.6. The first-order valence-electron chi connectivity index (χ1n) is 9.89. The van der Waals surface area contributed by atoms with Crippen molar-refractivity contribution >= 4 is 23.2 Å². The molecule has 0 fully saturated rings. The lowest BCUT2D eigenvalue weighted by Gasteiger charge is -2.29. The fraction of sp³-hybridized carbons (Fsp3) is 0.273. The summed E-state index contributed by atoms with van der Waals surface area (Å²) < 4.78 is 10.9. The maximum Gasteiger partial charge on any atom is 0.265 e. The summed E-state index contributed by atoms with van der Waals surface area (Å²) >= 11 is 0. The van der Waals surface area contributed by atoms with Gasteiger partial charge in [-0.25, -0.2) is 0 Å². The Hall–Kier alpha value is -3.68. The fourth-order valence-electron chi connectivity index (χ4n) is 3.18. The van der Waals surface area contributed by atoms with Crippen LogP contribution in [-0.4, -0.2) is 35.1 Å². The normalized spacial score (nSPS) is 13.0. The van der Waals surface area contributed by atoms with E-state index in [1.807, 2.05) is 24.3 Å².